The lowest BCUT2D eigenvalue weighted by Gasteiger charge is -2.03. The normalized spacial score (nSPS) is 12.5. The molecule has 0 heterocycles. The fraction of sp³-hybridized carbons (Fsp3) is 0.600. The molecule has 0 aliphatic heterocycles. The molecule has 0 amide bonds. The average Bonchev–Trinajstić information content (AvgIpc) is 1.82. The monoisotopic (exact) mass is 145 g/mol. The smallest absolute Gasteiger partial charge is 0.320 e. The quantitative estimate of drug-likeness (QED) is 0.303. The molecule has 0 aromatic rings. The maximum absolute atomic E-state index is 10.1. The number of hydrogen-bond donors (Lipinski definition) is 4. The number of nitrogens with one attached hydrogen (secondary N) is 1. The van der Waals surface area contributed by atoms with Gasteiger partial charge < -0.3 is 16.6 Å². The molecule has 0 aliphatic carbocycles. The summed E-state index contributed by atoms with van der Waals surface area (Å²) in [5.41, 5.74) is 10.1. The summed E-state index contributed by atoms with van der Waals surface area (Å²) in [6, 6.07) is -0.899. The van der Waals surface area contributed by atoms with E-state index in [4.69, 9.17) is 22.0 Å². The second-order valence-electron chi connectivity index (χ2n) is 2.01. The third-order valence-corrected chi connectivity index (χ3v) is 1.04. The van der Waals surface area contributed by atoms with E-state index in [-0.39, 0.29) is 18.7 Å². The van der Waals surface area contributed by atoms with Gasteiger partial charge in [-0.25, -0.2) is 0 Å². The van der Waals surface area contributed by atoms with Gasteiger partial charge in [0.2, 0.25) is 0 Å². The summed E-state index contributed by atoms with van der Waals surface area (Å²) >= 11 is 0. The van der Waals surface area contributed by atoms with E-state index >= 15 is 0 Å². The maximum atomic E-state index is 10.1. The van der Waals surface area contributed by atoms with Crippen molar-refractivity contribution in [2.45, 2.75) is 18.9 Å². The van der Waals surface area contributed by atoms with Gasteiger partial charge in [0, 0.05) is 6.42 Å². The highest BCUT2D eigenvalue weighted by molar-refractivity contribution is 5.78. The van der Waals surface area contributed by atoms with Gasteiger partial charge in [-0.05, 0) is 6.42 Å². The Morgan fingerprint density at radius 1 is 1.70 bits per heavy atom. The van der Waals surface area contributed by atoms with Gasteiger partial charge in [0.25, 0.3) is 0 Å². The van der Waals surface area contributed by atoms with E-state index in [9.17, 15) is 4.79 Å². The fourth-order valence-electron chi connectivity index (χ4n) is 0.434. The van der Waals surface area contributed by atoms with Crippen LogP contribution in [0.2, 0.25) is 0 Å². The Morgan fingerprint density at radius 2 is 2.20 bits per heavy atom. The van der Waals surface area contributed by atoms with Crippen LogP contribution in [0, 0.1) is 5.41 Å². The fourth-order valence-corrected chi connectivity index (χ4v) is 0.434. The predicted octanol–water partition coefficient (Wildman–Crippen LogP) is -0.886. The summed E-state index contributed by atoms with van der Waals surface area (Å²) in [6.45, 7) is 0. The van der Waals surface area contributed by atoms with Crippen LogP contribution in [0.3, 0.4) is 0 Å². The minimum atomic E-state index is -1.05. The molecule has 0 rings (SSSR count). The molecule has 1 unspecified atom stereocenters. The van der Waals surface area contributed by atoms with Gasteiger partial charge >= 0.3 is 5.97 Å². The van der Waals surface area contributed by atoms with Gasteiger partial charge in [-0.15, -0.1) is 0 Å². The van der Waals surface area contributed by atoms with Gasteiger partial charge in [0.1, 0.15) is 6.04 Å². The maximum Gasteiger partial charge on any atom is 0.320 e. The Kier molecular flexibility index (Phi) is 3.42. The van der Waals surface area contributed by atoms with Crippen molar-refractivity contribution in [2.24, 2.45) is 11.5 Å². The van der Waals surface area contributed by atoms with Gasteiger partial charge in [-0.1, -0.05) is 0 Å². The highest BCUT2D eigenvalue weighted by Gasteiger charge is 2.10. The Labute approximate surface area is 58.5 Å². The van der Waals surface area contributed by atoms with E-state index < -0.39 is 12.0 Å². The molecule has 0 aromatic heterocycles. The largest absolute Gasteiger partial charge is 0.480 e. The molecule has 6 N–H and O–H groups in total. The van der Waals surface area contributed by atoms with Crippen molar-refractivity contribution in [2.75, 3.05) is 0 Å². The lowest BCUT2D eigenvalue weighted by molar-refractivity contribution is -0.138. The van der Waals surface area contributed by atoms with Crippen LogP contribution >= 0.6 is 0 Å². The molecule has 0 bridgehead atoms. The Bertz CT molecular complexity index is 146. The van der Waals surface area contributed by atoms with Crippen molar-refractivity contribution in [1.82, 2.24) is 0 Å². The van der Waals surface area contributed by atoms with Crippen molar-refractivity contribution in [3.05, 3.63) is 0 Å². The van der Waals surface area contributed by atoms with Crippen LogP contribution in [0.4, 0.5) is 0 Å². The minimum absolute atomic E-state index is 0.0308. The van der Waals surface area contributed by atoms with E-state index in [0.29, 0.717) is 0 Å². The van der Waals surface area contributed by atoms with Crippen LogP contribution in [0.5, 0.6) is 0 Å². The highest BCUT2D eigenvalue weighted by Crippen LogP contribution is 1.92. The lowest BCUT2D eigenvalue weighted by Crippen LogP contribution is -2.31. The van der Waals surface area contributed by atoms with Crippen LogP contribution in [-0.4, -0.2) is 23.0 Å². The summed E-state index contributed by atoms with van der Waals surface area (Å²) in [7, 11) is 0. The van der Waals surface area contributed by atoms with Crippen molar-refractivity contribution < 1.29 is 9.90 Å². The molecule has 0 aromatic carbocycles. The van der Waals surface area contributed by atoms with Crippen LogP contribution in [0.1, 0.15) is 12.8 Å². The summed E-state index contributed by atoms with van der Waals surface area (Å²) in [4.78, 5) is 10.1. The topological polar surface area (TPSA) is 113 Å². The van der Waals surface area contributed by atoms with Gasteiger partial charge in [-0.2, -0.15) is 0 Å². The summed E-state index contributed by atoms with van der Waals surface area (Å²) < 4.78 is 0. The first-order chi connectivity index (χ1) is 4.54. The number of hydrogen-bond acceptors (Lipinski definition) is 3. The van der Waals surface area contributed by atoms with Crippen molar-refractivity contribution in [3.63, 3.8) is 0 Å². The first kappa shape index (κ1) is 8.90. The number of rotatable bonds is 4. The SMILES string of the molecule is N=C(N)CCC(N)C(=O)O. The number of nitrogens with two attached hydrogens (primary N) is 2. The molecule has 0 fully saturated rings. The first-order valence-electron chi connectivity index (χ1n) is 2.85. The van der Waals surface area contributed by atoms with E-state index in [1.54, 1.807) is 0 Å². The third kappa shape index (κ3) is 3.85. The zero-order chi connectivity index (χ0) is 8.15. The summed E-state index contributed by atoms with van der Waals surface area (Å²) in [5, 5.41) is 15.0. The molecule has 0 spiro atoms. The minimum Gasteiger partial charge on any atom is -0.480 e. The van der Waals surface area contributed by atoms with Gasteiger partial charge in [0.05, 0.1) is 5.84 Å². The van der Waals surface area contributed by atoms with Crippen molar-refractivity contribution >= 4 is 11.8 Å². The van der Waals surface area contributed by atoms with Crippen LogP contribution in [0.25, 0.3) is 0 Å². The number of aliphatic carboxylic acids is 1. The molecule has 10 heavy (non-hydrogen) atoms. The van der Waals surface area contributed by atoms with Crippen molar-refractivity contribution in [3.8, 4) is 0 Å². The number of carbonyl (C=O) groups is 1. The molecule has 58 valence electrons. The zero-order valence-corrected chi connectivity index (χ0v) is 5.50. The van der Waals surface area contributed by atoms with E-state index in [1.165, 1.54) is 0 Å². The Morgan fingerprint density at radius 3 is 2.50 bits per heavy atom. The first-order valence-corrected chi connectivity index (χ1v) is 2.85. The van der Waals surface area contributed by atoms with E-state index in [2.05, 4.69) is 0 Å². The molecule has 5 nitrogen and oxygen atoms in total. The predicted molar refractivity (Wildman–Crippen MR) is 36.8 cm³/mol. The van der Waals surface area contributed by atoms with Gasteiger partial charge in [0.15, 0.2) is 0 Å². The number of carboxylic acids is 1. The molecular formula is C5H11N3O2. The van der Waals surface area contributed by atoms with Crippen molar-refractivity contribution in [1.29, 1.82) is 5.41 Å². The molecule has 0 saturated carbocycles. The van der Waals surface area contributed by atoms with E-state index in [0.717, 1.165) is 0 Å². The second-order valence-corrected chi connectivity index (χ2v) is 2.01. The summed E-state index contributed by atoms with van der Waals surface area (Å²) in [5.74, 6) is -1.09. The van der Waals surface area contributed by atoms with Gasteiger partial charge in [-0.3, -0.25) is 10.2 Å². The molecule has 5 heteroatoms. The van der Waals surface area contributed by atoms with E-state index in [1.807, 2.05) is 0 Å². The van der Waals surface area contributed by atoms with Crippen LogP contribution in [-0.2, 0) is 4.79 Å². The molecule has 1 atom stereocenters. The zero-order valence-electron chi connectivity index (χ0n) is 5.50. The van der Waals surface area contributed by atoms with Crippen LogP contribution in [0.15, 0.2) is 0 Å². The molecular weight excluding hydrogens is 134 g/mol. The number of carboxylic acid groups (broad SMARTS) is 1. The number of amidine groups is 1. The third-order valence-electron chi connectivity index (χ3n) is 1.04. The molecule has 0 radical (unpaired) electrons. The Balaban J connectivity index is 3.49. The lowest BCUT2D eigenvalue weighted by atomic mass is 10.1. The Hall–Kier alpha value is -1.10. The molecule has 0 aliphatic rings. The van der Waals surface area contributed by atoms with Crippen LogP contribution < -0.4 is 11.5 Å². The highest BCUT2D eigenvalue weighted by atomic mass is 16.4. The second kappa shape index (κ2) is 3.84. The standard InChI is InChI=1S/C5H11N3O2/c6-3(5(9)10)1-2-4(7)8/h3H,1-2,6H2,(H3,7,8)(H,9,10). The summed E-state index contributed by atoms with van der Waals surface area (Å²) in [6.07, 6.45) is 0.470. The molecule has 0 saturated heterocycles. The average molecular weight is 145 g/mol.